The Morgan fingerprint density at radius 3 is 3.00 bits per heavy atom. The third-order valence-corrected chi connectivity index (χ3v) is 3.46. The summed E-state index contributed by atoms with van der Waals surface area (Å²) in [7, 11) is 1.67. The average molecular weight is 253 g/mol. The molecule has 4 nitrogen and oxygen atoms in total. The van der Waals surface area contributed by atoms with Crippen molar-refractivity contribution in [3.63, 3.8) is 0 Å². The van der Waals surface area contributed by atoms with E-state index in [1.165, 1.54) is 12.0 Å². The fourth-order valence-corrected chi connectivity index (χ4v) is 2.43. The number of fused-ring (bicyclic) bond motifs is 1. The van der Waals surface area contributed by atoms with E-state index in [4.69, 9.17) is 9.47 Å². The zero-order chi connectivity index (χ0) is 12.8. The van der Waals surface area contributed by atoms with Crippen LogP contribution in [0.3, 0.4) is 0 Å². The molecule has 0 saturated heterocycles. The van der Waals surface area contributed by atoms with Crippen LogP contribution in [0, 0.1) is 0 Å². The number of ether oxygens (including phenoxy) is 2. The van der Waals surface area contributed by atoms with Gasteiger partial charge in [0.1, 0.15) is 0 Å². The van der Waals surface area contributed by atoms with Crippen LogP contribution >= 0.6 is 0 Å². The molecule has 0 saturated carbocycles. The van der Waals surface area contributed by atoms with E-state index in [1.807, 2.05) is 0 Å². The second kappa shape index (κ2) is 6.92. The molecule has 1 unspecified atom stereocenters. The van der Waals surface area contributed by atoms with E-state index in [0.29, 0.717) is 19.8 Å². The van der Waals surface area contributed by atoms with Crippen LogP contribution in [0.5, 0.6) is 0 Å². The molecule has 1 aromatic rings. The molecular weight excluding hydrogens is 230 g/mol. The summed E-state index contributed by atoms with van der Waals surface area (Å²) in [5, 5.41) is 10.0. The predicted molar refractivity (Wildman–Crippen MR) is 69.6 cm³/mol. The van der Waals surface area contributed by atoms with Crippen LogP contribution < -0.4 is 0 Å². The topological polar surface area (TPSA) is 43.6 Å². The van der Waals surface area contributed by atoms with Crippen molar-refractivity contribution >= 4 is 0 Å². The molecule has 1 aliphatic carbocycles. The van der Waals surface area contributed by atoms with Crippen LogP contribution in [0.15, 0.2) is 12.4 Å². The number of hydrogen-bond acceptors (Lipinski definition) is 3. The number of nitrogens with zero attached hydrogens (tertiary/aromatic N) is 1. The zero-order valence-electron chi connectivity index (χ0n) is 11.1. The standard InChI is InChI=1S/C14H23NO3/c1-17-8-9-18-7-6-15-10-12-4-2-3-5-14(16)13(12)11-15/h10-11,14,16H,2-9H2,1H3. The van der Waals surface area contributed by atoms with E-state index in [2.05, 4.69) is 17.0 Å². The molecule has 0 amide bonds. The van der Waals surface area contributed by atoms with Gasteiger partial charge in [0.05, 0.1) is 25.9 Å². The van der Waals surface area contributed by atoms with E-state index < -0.39 is 0 Å². The Hall–Kier alpha value is -0.840. The van der Waals surface area contributed by atoms with Gasteiger partial charge in [0.15, 0.2) is 0 Å². The number of aromatic nitrogens is 1. The lowest BCUT2D eigenvalue weighted by Crippen LogP contribution is -2.08. The van der Waals surface area contributed by atoms with Crippen molar-refractivity contribution < 1.29 is 14.6 Å². The van der Waals surface area contributed by atoms with Gasteiger partial charge in [-0.15, -0.1) is 0 Å². The summed E-state index contributed by atoms with van der Waals surface area (Å²) in [6, 6.07) is 0. The van der Waals surface area contributed by atoms with Gasteiger partial charge in [-0.3, -0.25) is 0 Å². The minimum absolute atomic E-state index is 0.279. The maximum Gasteiger partial charge on any atom is 0.0807 e. The summed E-state index contributed by atoms with van der Waals surface area (Å²) >= 11 is 0. The van der Waals surface area contributed by atoms with E-state index in [0.717, 1.165) is 31.4 Å². The van der Waals surface area contributed by atoms with Gasteiger partial charge in [0.2, 0.25) is 0 Å². The van der Waals surface area contributed by atoms with Gasteiger partial charge >= 0.3 is 0 Å². The van der Waals surface area contributed by atoms with Crippen LogP contribution in [0.2, 0.25) is 0 Å². The molecule has 1 aliphatic rings. The third-order valence-electron chi connectivity index (χ3n) is 3.46. The van der Waals surface area contributed by atoms with Crippen molar-refractivity contribution in [1.29, 1.82) is 0 Å². The van der Waals surface area contributed by atoms with Crippen molar-refractivity contribution in [2.45, 2.75) is 38.3 Å². The van der Waals surface area contributed by atoms with Gasteiger partial charge < -0.3 is 19.1 Å². The molecule has 0 bridgehead atoms. The highest BCUT2D eigenvalue weighted by Crippen LogP contribution is 2.29. The fraction of sp³-hybridized carbons (Fsp3) is 0.714. The predicted octanol–water partition coefficient (Wildman–Crippen LogP) is 1.91. The minimum atomic E-state index is -0.279. The molecule has 1 heterocycles. The van der Waals surface area contributed by atoms with Gasteiger partial charge in [0.25, 0.3) is 0 Å². The second-order valence-electron chi connectivity index (χ2n) is 4.84. The molecule has 0 aliphatic heterocycles. The van der Waals surface area contributed by atoms with E-state index in [-0.39, 0.29) is 6.10 Å². The van der Waals surface area contributed by atoms with Crippen molar-refractivity contribution in [3.05, 3.63) is 23.5 Å². The Morgan fingerprint density at radius 1 is 1.28 bits per heavy atom. The van der Waals surface area contributed by atoms with Gasteiger partial charge in [-0.05, 0) is 24.8 Å². The highest BCUT2D eigenvalue weighted by molar-refractivity contribution is 5.27. The summed E-state index contributed by atoms with van der Waals surface area (Å²) in [6.45, 7) is 2.80. The van der Waals surface area contributed by atoms with E-state index >= 15 is 0 Å². The molecule has 18 heavy (non-hydrogen) atoms. The number of aryl methyl sites for hydroxylation is 1. The number of rotatable bonds is 6. The van der Waals surface area contributed by atoms with Crippen LogP contribution in [-0.2, 0) is 22.4 Å². The summed E-state index contributed by atoms with van der Waals surface area (Å²) in [5.74, 6) is 0. The van der Waals surface area contributed by atoms with Gasteiger partial charge in [0, 0.05) is 31.6 Å². The van der Waals surface area contributed by atoms with Crippen LogP contribution in [-0.4, -0.2) is 36.6 Å². The van der Waals surface area contributed by atoms with Gasteiger partial charge in [-0.25, -0.2) is 0 Å². The SMILES string of the molecule is COCCOCCn1cc2c(c1)C(O)CCCC2. The smallest absolute Gasteiger partial charge is 0.0807 e. The highest BCUT2D eigenvalue weighted by Gasteiger charge is 2.18. The van der Waals surface area contributed by atoms with Gasteiger partial charge in [-0.2, -0.15) is 0 Å². The lowest BCUT2D eigenvalue weighted by atomic mass is 10.1. The molecular formula is C14H23NO3. The lowest BCUT2D eigenvalue weighted by molar-refractivity contribution is 0.0666. The number of hydrogen-bond donors (Lipinski definition) is 1. The number of aliphatic hydroxyl groups is 1. The maximum atomic E-state index is 10.0. The molecule has 0 fully saturated rings. The molecule has 4 heteroatoms. The molecule has 1 atom stereocenters. The van der Waals surface area contributed by atoms with Crippen LogP contribution in [0.25, 0.3) is 0 Å². The van der Waals surface area contributed by atoms with Crippen molar-refractivity contribution in [2.24, 2.45) is 0 Å². The molecule has 0 radical (unpaired) electrons. The summed E-state index contributed by atoms with van der Waals surface area (Å²) in [4.78, 5) is 0. The first kappa shape index (κ1) is 13.6. The molecule has 102 valence electrons. The van der Waals surface area contributed by atoms with Crippen molar-refractivity contribution in [3.8, 4) is 0 Å². The first-order chi connectivity index (χ1) is 8.81. The largest absolute Gasteiger partial charge is 0.388 e. The maximum absolute atomic E-state index is 10.0. The Bertz CT molecular complexity index is 362. The highest BCUT2D eigenvalue weighted by atomic mass is 16.5. The van der Waals surface area contributed by atoms with Crippen molar-refractivity contribution in [1.82, 2.24) is 4.57 Å². The summed E-state index contributed by atoms with van der Waals surface area (Å²) in [5.41, 5.74) is 2.42. The Labute approximate surface area is 109 Å². The van der Waals surface area contributed by atoms with E-state index in [9.17, 15) is 5.11 Å². The molecule has 1 N–H and O–H groups in total. The number of methoxy groups -OCH3 is 1. The Balaban J connectivity index is 1.85. The first-order valence-corrected chi connectivity index (χ1v) is 6.74. The van der Waals surface area contributed by atoms with Crippen LogP contribution in [0.4, 0.5) is 0 Å². The summed E-state index contributed by atoms with van der Waals surface area (Å²) < 4.78 is 12.5. The molecule has 0 spiro atoms. The minimum Gasteiger partial charge on any atom is -0.388 e. The third kappa shape index (κ3) is 3.57. The molecule has 0 aromatic carbocycles. The zero-order valence-corrected chi connectivity index (χ0v) is 11.1. The normalized spacial score (nSPS) is 19.6. The monoisotopic (exact) mass is 253 g/mol. The number of aliphatic hydroxyl groups excluding tert-OH is 1. The van der Waals surface area contributed by atoms with E-state index in [1.54, 1.807) is 7.11 Å². The summed E-state index contributed by atoms with van der Waals surface area (Å²) in [6.07, 6.45) is 8.23. The Morgan fingerprint density at radius 2 is 2.17 bits per heavy atom. The van der Waals surface area contributed by atoms with Gasteiger partial charge in [-0.1, -0.05) is 6.42 Å². The first-order valence-electron chi connectivity index (χ1n) is 6.74. The molecule has 1 aromatic heterocycles. The Kier molecular flexibility index (Phi) is 5.23. The second-order valence-corrected chi connectivity index (χ2v) is 4.84. The lowest BCUT2D eigenvalue weighted by Gasteiger charge is -2.07. The molecule has 2 rings (SSSR count). The fourth-order valence-electron chi connectivity index (χ4n) is 2.43. The quantitative estimate of drug-likeness (QED) is 0.622. The van der Waals surface area contributed by atoms with Crippen LogP contribution in [0.1, 0.15) is 36.5 Å². The average Bonchev–Trinajstić information content (AvgIpc) is 2.70. The van der Waals surface area contributed by atoms with Crippen molar-refractivity contribution in [2.75, 3.05) is 26.9 Å².